The van der Waals surface area contributed by atoms with Crippen LogP contribution in [0.1, 0.15) is 44.7 Å². The van der Waals surface area contributed by atoms with Gasteiger partial charge >= 0.3 is 12.6 Å². The van der Waals surface area contributed by atoms with Crippen molar-refractivity contribution in [2.75, 3.05) is 25.0 Å². The molecule has 2 saturated heterocycles. The number of halogens is 3. The van der Waals surface area contributed by atoms with Crippen LogP contribution in [-0.4, -0.2) is 70.1 Å². The van der Waals surface area contributed by atoms with Crippen molar-refractivity contribution in [3.05, 3.63) is 41.2 Å². The number of alkyl halides is 2. The normalized spacial score (nSPS) is 22.2. The summed E-state index contributed by atoms with van der Waals surface area (Å²) >= 11 is 5.95. The molecule has 2 aliphatic heterocycles. The number of aliphatic carboxylic acids is 1. The number of rotatable bonds is 8. The van der Waals surface area contributed by atoms with Crippen molar-refractivity contribution in [1.29, 1.82) is 0 Å². The third kappa shape index (κ3) is 5.33. The quantitative estimate of drug-likeness (QED) is 0.537. The molecule has 196 valence electrons. The second kappa shape index (κ2) is 10.7. The summed E-state index contributed by atoms with van der Waals surface area (Å²) in [6.45, 7) is 2.25. The number of carboxylic acid groups (broad SMARTS) is 1. The van der Waals surface area contributed by atoms with E-state index in [1.54, 1.807) is 10.9 Å². The summed E-state index contributed by atoms with van der Waals surface area (Å²) in [5.74, 6) is -1.53. The highest BCUT2D eigenvalue weighted by Crippen LogP contribution is 2.38. The number of hydrogen-bond acceptors (Lipinski definition) is 6. The zero-order chi connectivity index (χ0) is 26.0. The summed E-state index contributed by atoms with van der Waals surface area (Å²) in [6, 6.07) is 5.94. The van der Waals surface area contributed by atoms with Crippen LogP contribution in [0.5, 0.6) is 5.75 Å². The molecule has 0 spiro atoms. The third-order valence-corrected chi connectivity index (χ3v) is 7.13. The van der Waals surface area contributed by atoms with Crippen molar-refractivity contribution in [3.8, 4) is 5.75 Å². The number of likely N-dealkylation sites (tertiary alicyclic amines) is 1. The van der Waals surface area contributed by atoms with Crippen molar-refractivity contribution >= 4 is 29.2 Å². The number of nitrogens with one attached hydrogen (secondary N) is 1. The predicted octanol–water partition coefficient (Wildman–Crippen LogP) is 3.93. The van der Waals surface area contributed by atoms with Gasteiger partial charge in [0, 0.05) is 48.5 Å². The summed E-state index contributed by atoms with van der Waals surface area (Å²) in [6.07, 6.45) is 1.96. The Labute approximate surface area is 212 Å². The van der Waals surface area contributed by atoms with E-state index in [4.69, 9.17) is 16.3 Å². The largest absolute Gasteiger partial charge is 0.479 e. The minimum Gasteiger partial charge on any atom is -0.479 e. The lowest BCUT2D eigenvalue weighted by Gasteiger charge is -2.43. The molecule has 1 aromatic carbocycles. The lowest BCUT2D eigenvalue weighted by Crippen LogP contribution is -2.56. The molecule has 12 heteroatoms. The van der Waals surface area contributed by atoms with Gasteiger partial charge < -0.3 is 19.9 Å². The van der Waals surface area contributed by atoms with Gasteiger partial charge in [-0.1, -0.05) is 25.4 Å². The number of anilines is 1. The molecule has 1 amide bonds. The second-order valence-corrected chi connectivity index (χ2v) is 9.85. The predicted molar refractivity (Wildman–Crippen MR) is 128 cm³/mol. The standard InChI is InChI=1S/C24H29ClF2N4O5/c1-14(2)18-5-8-28-31(18)24(6-9-30(10-7-24)16-12-20(21(32)33)35-13-16)22(34)29-17-4-3-15(25)11-19(17)36-23(26)27/h3-5,8,11,14,16,20,23H,6-7,9-10,12-13H2,1-2H3,(H,29,34)(H,32,33)/t16-,20+/m1/s1. The minimum absolute atomic E-state index is 0.0586. The second-order valence-electron chi connectivity index (χ2n) is 9.41. The Bertz CT molecular complexity index is 1100. The molecule has 0 saturated carbocycles. The first-order chi connectivity index (χ1) is 17.1. The van der Waals surface area contributed by atoms with Gasteiger partial charge in [0.1, 0.15) is 5.54 Å². The van der Waals surface area contributed by atoms with E-state index < -0.39 is 30.1 Å². The first-order valence-electron chi connectivity index (χ1n) is 11.8. The Kier molecular flexibility index (Phi) is 7.82. The number of hydrogen-bond donors (Lipinski definition) is 2. The monoisotopic (exact) mass is 526 g/mol. The van der Waals surface area contributed by atoms with Crippen molar-refractivity contribution < 1.29 is 33.0 Å². The third-order valence-electron chi connectivity index (χ3n) is 6.89. The summed E-state index contributed by atoms with van der Waals surface area (Å²) in [7, 11) is 0. The highest BCUT2D eigenvalue weighted by molar-refractivity contribution is 6.30. The number of carbonyl (C=O) groups excluding carboxylic acids is 1. The molecule has 4 rings (SSSR count). The van der Waals surface area contributed by atoms with E-state index in [1.165, 1.54) is 18.2 Å². The Balaban J connectivity index is 1.61. The molecule has 2 aromatic rings. The summed E-state index contributed by atoms with van der Waals surface area (Å²) in [5, 5.41) is 16.7. The van der Waals surface area contributed by atoms with E-state index in [1.807, 2.05) is 19.9 Å². The van der Waals surface area contributed by atoms with Gasteiger partial charge in [0.2, 0.25) is 0 Å². The molecule has 36 heavy (non-hydrogen) atoms. The molecule has 9 nitrogen and oxygen atoms in total. The number of amides is 1. The maximum atomic E-state index is 13.9. The molecule has 2 N–H and O–H groups in total. The van der Waals surface area contributed by atoms with Crippen molar-refractivity contribution in [2.24, 2.45) is 0 Å². The van der Waals surface area contributed by atoms with E-state index in [9.17, 15) is 23.5 Å². The summed E-state index contributed by atoms with van der Waals surface area (Å²) < 4.78 is 37.7. The van der Waals surface area contributed by atoms with E-state index >= 15 is 0 Å². The van der Waals surface area contributed by atoms with Gasteiger partial charge in [0.05, 0.1) is 12.3 Å². The number of ether oxygens (including phenoxy) is 2. The van der Waals surface area contributed by atoms with Crippen LogP contribution in [0.2, 0.25) is 5.02 Å². The fraction of sp³-hybridized carbons (Fsp3) is 0.542. The number of benzene rings is 1. The van der Waals surface area contributed by atoms with E-state index in [0.29, 0.717) is 39.0 Å². The Morgan fingerprint density at radius 3 is 2.61 bits per heavy atom. The average Bonchev–Trinajstić information content (AvgIpc) is 3.51. The molecule has 2 atom stereocenters. The molecular weight excluding hydrogens is 498 g/mol. The van der Waals surface area contributed by atoms with Gasteiger partial charge in [-0.15, -0.1) is 0 Å². The van der Waals surface area contributed by atoms with Crippen LogP contribution in [0.3, 0.4) is 0 Å². The van der Waals surface area contributed by atoms with Gasteiger partial charge in [-0.3, -0.25) is 14.4 Å². The highest BCUT2D eigenvalue weighted by Gasteiger charge is 2.47. The van der Waals surface area contributed by atoms with E-state index in [2.05, 4.69) is 20.1 Å². The number of piperidine rings is 1. The molecule has 0 unspecified atom stereocenters. The number of carbonyl (C=O) groups is 2. The minimum atomic E-state index is -3.08. The first-order valence-corrected chi connectivity index (χ1v) is 12.2. The van der Waals surface area contributed by atoms with Gasteiger partial charge in [0.25, 0.3) is 5.91 Å². The molecule has 0 bridgehead atoms. The Morgan fingerprint density at radius 1 is 1.28 bits per heavy atom. The first kappa shape index (κ1) is 26.3. The van der Waals surface area contributed by atoms with Crippen LogP contribution in [0.4, 0.5) is 14.5 Å². The number of nitrogens with zero attached hydrogens (tertiary/aromatic N) is 3. The zero-order valence-corrected chi connectivity index (χ0v) is 20.8. The van der Waals surface area contributed by atoms with Crippen molar-refractivity contribution in [1.82, 2.24) is 14.7 Å². The lowest BCUT2D eigenvalue weighted by molar-refractivity contribution is -0.147. The fourth-order valence-corrected chi connectivity index (χ4v) is 5.13. The molecular formula is C24H29ClF2N4O5. The van der Waals surface area contributed by atoms with Crippen LogP contribution in [-0.2, 0) is 19.9 Å². The van der Waals surface area contributed by atoms with Crippen molar-refractivity contribution in [3.63, 3.8) is 0 Å². The van der Waals surface area contributed by atoms with Crippen LogP contribution < -0.4 is 10.1 Å². The topological polar surface area (TPSA) is 106 Å². The van der Waals surface area contributed by atoms with Crippen molar-refractivity contribution in [2.45, 2.75) is 63.3 Å². The van der Waals surface area contributed by atoms with E-state index in [-0.39, 0.29) is 28.4 Å². The molecule has 0 aliphatic carbocycles. The smallest absolute Gasteiger partial charge is 0.387 e. The zero-order valence-electron chi connectivity index (χ0n) is 20.0. The summed E-state index contributed by atoms with van der Waals surface area (Å²) in [5.41, 5.74) is -0.139. The Morgan fingerprint density at radius 2 is 2.00 bits per heavy atom. The van der Waals surface area contributed by atoms with Crippen LogP contribution in [0, 0.1) is 0 Å². The lowest BCUT2D eigenvalue weighted by atomic mass is 9.84. The van der Waals surface area contributed by atoms with Gasteiger partial charge in [-0.05, 0) is 37.0 Å². The van der Waals surface area contributed by atoms with E-state index in [0.717, 1.165) is 5.69 Å². The summed E-state index contributed by atoms with van der Waals surface area (Å²) in [4.78, 5) is 27.3. The number of carboxylic acids is 1. The van der Waals surface area contributed by atoms with Crippen LogP contribution in [0.25, 0.3) is 0 Å². The molecule has 1 aromatic heterocycles. The van der Waals surface area contributed by atoms with Gasteiger partial charge in [-0.25, -0.2) is 4.79 Å². The highest BCUT2D eigenvalue weighted by atomic mass is 35.5. The van der Waals surface area contributed by atoms with Crippen LogP contribution >= 0.6 is 11.6 Å². The fourth-order valence-electron chi connectivity index (χ4n) is 4.97. The molecule has 0 radical (unpaired) electrons. The maximum Gasteiger partial charge on any atom is 0.387 e. The maximum absolute atomic E-state index is 13.9. The van der Waals surface area contributed by atoms with Gasteiger partial charge in [0.15, 0.2) is 11.9 Å². The average molecular weight is 527 g/mol. The SMILES string of the molecule is CC(C)c1ccnn1C1(C(=O)Nc2ccc(Cl)cc2OC(F)F)CCN([C@H]2CO[C@H](C(=O)O)C2)CC1. The van der Waals surface area contributed by atoms with Gasteiger partial charge in [-0.2, -0.15) is 13.9 Å². The van der Waals surface area contributed by atoms with Crippen LogP contribution in [0.15, 0.2) is 30.5 Å². The molecule has 2 fully saturated rings. The molecule has 2 aliphatic rings. The molecule has 3 heterocycles. The number of aromatic nitrogens is 2. The Hall–Kier alpha value is -2.76.